The van der Waals surface area contributed by atoms with Gasteiger partial charge in [-0.2, -0.15) is 43.9 Å². The molecule has 0 radical (unpaired) electrons. The number of hydrogen-bond acceptors (Lipinski definition) is 5. The Morgan fingerprint density at radius 2 is 1.26 bits per heavy atom. The molecule has 0 unspecified atom stereocenters. The first kappa shape index (κ1) is 37.7. The van der Waals surface area contributed by atoms with Crippen molar-refractivity contribution in [1.29, 1.82) is 5.41 Å². The minimum atomic E-state index is -7.40. The van der Waals surface area contributed by atoms with Crippen LogP contribution in [0.3, 0.4) is 0 Å². The summed E-state index contributed by atoms with van der Waals surface area (Å²) in [6.45, 7) is 10.4. The van der Waals surface area contributed by atoms with Gasteiger partial charge < -0.3 is 4.48 Å². The van der Waals surface area contributed by atoms with E-state index in [2.05, 4.69) is 13.8 Å². The molecule has 1 saturated heterocycles. The zero-order valence-corrected chi connectivity index (χ0v) is 26.1. The van der Waals surface area contributed by atoms with Crippen molar-refractivity contribution in [3.8, 4) is 0 Å². The van der Waals surface area contributed by atoms with Gasteiger partial charge in [0.25, 0.3) is 19.7 Å². The van der Waals surface area contributed by atoms with E-state index >= 15 is 0 Å². The molecule has 46 heavy (non-hydrogen) atoms. The third-order valence-corrected chi connectivity index (χ3v) is 12.0. The monoisotopic (exact) mass is 713 g/mol. The summed E-state index contributed by atoms with van der Waals surface area (Å²) in [5.41, 5.74) is -3.48. The van der Waals surface area contributed by atoms with Crippen molar-refractivity contribution in [1.82, 2.24) is 0 Å². The predicted molar refractivity (Wildman–Crippen MR) is 151 cm³/mol. The molecule has 1 aromatic carbocycles. The van der Waals surface area contributed by atoms with Gasteiger partial charge in [0.2, 0.25) is 0 Å². The Morgan fingerprint density at radius 3 is 1.76 bits per heavy atom. The first-order valence-electron chi connectivity index (χ1n) is 14.0. The molecule has 1 N–H and O–H groups in total. The van der Waals surface area contributed by atoms with E-state index in [1.165, 1.54) is 81.0 Å². The Morgan fingerprint density at radius 1 is 0.739 bits per heavy atom. The van der Waals surface area contributed by atoms with Crippen molar-refractivity contribution in [2.75, 3.05) is 26.2 Å². The molecule has 1 aliphatic heterocycles. The normalized spacial score (nSPS) is 18.8. The standard InChI is InChI=1S/C17H7F10NO4S2.C11H24N/c18-14(19,20)16(24,25)33(29,30)11-6-9-8-4-2-1-3-7(8)5-10(9)12(28)13(11)34(31,32)17(26,27)15(21,22)23;1-3-5-6-9-12(4-2)10-7-8-11-12/h1-6,28H;3-11H2,1-2H3/q;+1. The summed E-state index contributed by atoms with van der Waals surface area (Å²) in [5.74, 6) is 0. The summed E-state index contributed by atoms with van der Waals surface area (Å²) in [5, 5.41) is -5.85. The summed E-state index contributed by atoms with van der Waals surface area (Å²) in [6.07, 6.45) is -6.03. The fourth-order valence-corrected chi connectivity index (χ4v) is 8.61. The van der Waals surface area contributed by atoms with Crippen molar-refractivity contribution in [3.63, 3.8) is 0 Å². The number of fused-ring (bicyclic) bond motifs is 3. The van der Waals surface area contributed by atoms with E-state index in [9.17, 15) is 60.7 Å². The molecule has 258 valence electrons. The Bertz CT molecular complexity index is 1670. The molecule has 0 bridgehead atoms. The van der Waals surface area contributed by atoms with Crippen LogP contribution in [0.15, 0.2) is 45.7 Å². The van der Waals surface area contributed by atoms with Gasteiger partial charge in [0, 0.05) is 18.4 Å². The third-order valence-electron chi connectivity index (χ3n) is 8.15. The number of quaternary nitrogens is 1. The zero-order chi connectivity index (χ0) is 35.1. The van der Waals surface area contributed by atoms with Gasteiger partial charge >= 0.3 is 22.9 Å². The van der Waals surface area contributed by atoms with Crippen LogP contribution in [0.2, 0.25) is 0 Å². The van der Waals surface area contributed by atoms with Crippen molar-refractivity contribution in [3.05, 3.63) is 56.9 Å². The molecule has 1 fully saturated rings. The number of hydrogen-bond donors (Lipinski definition) is 1. The molecule has 2 aliphatic carbocycles. The molecule has 0 aromatic heterocycles. The molecule has 1 aromatic rings. The van der Waals surface area contributed by atoms with Crippen molar-refractivity contribution in [2.45, 2.75) is 68.8 Å². The maximum absolute atomic E-state index is 13.9. The van der Waals surface area contributed by atoms with E-state index in [-0.39, 0.29) is 17.2 Å². The van der Waals surface area contributed by atoms with Crippen LogP contribution in [0.25, 0.3) is 11.6 Å². The molecule has 0 saturated carbocycles. The summed E-state index contributed by atoms with van der Waals surface area (Å²) in [7, 11) is -14.7. The van der Waals surface area contributed by atoms with Gasteiger partial charge in [0.05, 0.1) is 36.8 Å². The highest BCUT2D eigenvalue weighted by Crippen LogP contribution is 2.52. The molecule has 6 nitrogen and oxygen atoms in total. The highest BCUT2D eigenvalue weighted by Gasteiger charge is 2.72. The van der Waals surface area contributed by atoms with Crippen LogP contribution in [0.1, 0.15) is 57.1 Å². The molecular formula is C28H31F10N2O4S2+. The maximum Gasteiger partial charge on any atom is 0.469 e. The summed E-state index contributed by atoms with van der Waals surface area (Å²) in [6, 6.07) is 4.95. The Hall–Kier alpha value is -2.73. The number of unbranched alkanes of at least 4 members (excludes halogenated alkanes) is 2. The Labute approximate surface area is 259 Å². The van der Waals surface area contributed by atoms with E-state index in [0.29, 0.717) is 0 Å². The lowest BCUT2D eigenvalue weighted by Crippen LogP contribution is -2.48. The Kier molecular flexibility index (Phi) is 10.4. The number of nitrogens with one attached hydrogen (secondary N) is 1. The quantitative estimate of drug-likeness (QED) is 0.162. The van der Waals surface area contributed by atoms with Crippen molar-refractivity contribution >= 4 is 37.0 Å². The number of sulfone groups is 2. The van der Waals surface area contributed by atoms with Gasteiger partial charge in [0.15, 0.2) is 0 Å². The minimum Gasteiger partial charge on any atom is -0.324 e. The van der Waals surface area contributed by atoms with Crippen molar-refractivity contribution in [2.24, 2.45) is 0 Å². The molecular weight excluding hydrogens is 682 g/mol. The van der Waals surface area contributed by atoms with E-state index in [1.807, 2.05) is 0 Å². The van der Waals surface area contributed by atoms with E-state index < -0.39 is 69.2 Å². The third kappa shape index (κ3) is 6.40. The van der Waals surface area contributed by atoms with E-state index in [0.717, 1.165) is 12.1 Å². The number of likely N-dealkylation sites (tertiary alicyclic amines) is 1. The number of halogens is 10. The van der Waals surface area contributed by atoms with Crippen LogP contribution in [-0.2, 0) is 19.7 Å². The molecule has 3 aliphatic rings. The second kappa shape index (κ2) is 12.7. The average molecular weight is 714 g/mol. The number of allylic oxidation sites excluding steroid dienone is 4. The zero-order valence-electron chi connectivity index (χ0n) is 24.5. The highest BCUT2D eigenvalue weighted by molar-refractivity contribution is 8.01. The van der Waals surface area contributed by atoms with E-state index in [4.69, 9.17) is 5.41 Å². The second-order valence-electron chi connectivity index (χ2n) is 11.1. The number of nitrogens with zero attached hydrogens (tertiary/aromatic N) is 1. The lowest BCUT2D eigenvalue weighted by molar-refractivity contribution is -0.915. The fraction of sp³-hybridized carbons (Fsp3) is 0.536. The molecule has 18 heteroatoms. The lowest BCUT2D eigenvalue weighted by Gasteiger charge is -2.33. The smallest absolute Gasteiger partial charge is 0.324 e. The van der Waals surface area contributed by atoms with Crippen LogP contribution < -0.4 is 0 Å². The average Bonchev–Trinajstić information content (AvgIpc) is 3.57. The van der Waals surface area contributed by atoms with Crippen LogP contribution in [0.4, 0.5) is 43.9 Å². The van der Waals surface area contributed by atoms with Gasteiger partial charge in [-0.05, 0) is 48.6 Å². The second-order valence-corrected chi connectivity index (χ2v) is 14.9. The van der Waals surface area contributed by atoms with Gasteiger partial charge in [-0.25, -0.2) is 16.8 Å². The Balaban J connectivity index is 0.000000402. The first-order chi connectivity index (χ1) is 20.9. The van der Waals surface area contributed by atoms with Gasteiger partial charge in [0.1, 0.15) is 4.91 Å². The van der Waals surface area contributed by atoms with Gasteiger partial charge in [-0.3, -0.25) is 5.41 Å². The summed E-state index contributed by atoms with van der Waals surface area (Å²) in [4.78, 5) is -5.57. The van der Waals surface area contributed by atoms with Crippen molar-refractivity contribution < 1.29 is 65.2 Å². The SMILES string of the molecule is CCCCC[N+]1(CC)CCCC1.N=C1C2=Cc3ccccc3C2=CC(S(=O)(=O)C(F)(F)C(F)(F)F)=C1S(=O)(=O)C(F)(F)C(F)(F)F. The van der Waals surface area contributed by atoms with Gasteiger partial charge in [-0.1, -0.05) is 37.6 Å². The maximum atomic E-state index is 13.9. The topological polar surface area (TPSA) is 92.1 Å². The van der Waals surface area contributed by atoms with Crippen LogP contribution >= 0.6 is 0 Å². The molecule has 4 rings (SSSR count). The predicted octanol–water partition coefficient (Wildman–Crippen LogP) is 7.66. The van der Waals surface area contributed by atoms with Gasteiger partial charge in [-0.15, -0.1) is 0 Å². The number of alkyl halides is 10. The first-order valence-corrected chi connectivity index (χ1v) is 17.0. The fourth-order valence-electron chi connectivity index (χ4n) is 5.49. The highest BCUT2D eigenvalue weighted by atomic mass is 32.2. The van der Waals surface area contributed by atoms with E-state index in [1.54, 1.807) is 0 Å². The summed E-state index contributed by atoms with van der Waals surface area (Å²) >= 11 is 0. The molecule has 0 atom stereocenters. The largest absolute Gasteiger partial charge is 0.469 e. The summed E-state index contributed by atoms with van der Waals surface area (Å²) < 4.78 is 183. The molecule has 0 amide bonds. The van der Waals surface area contributed by atoms with Crippen LogP contribution in [0.5, 0.6) is 0 Å². The number of benzene rings is 1. The number of rotatable bonds is 9. The molecule has 0 spiro atoms. The minimum absolute atomic E-state index is 0.0223. The van der Waals surface area contributed by atoms with Crippen LogP contribution in [-0.4, -0.2) is 76.1 Å². The lowest BCUT2D eigenvalue weighted by atomic mass is 9.95. The molecule has 1 heterocycles. The van der Waals surface area contributed by atoms with Crippen LogP contribution in [0, 0.1) is 5.41 Å².